The second-order valence-corrected chi connectivity index (χ2v) is 4.04. The molecule has 2 aromatic rings. The van der Waals surface area contributed by atoms with Gasteiger partial charge in [0.1, 0.15) is 22.4 Å². The molecule has 0 unspecified atom stereocenters. The molecule has 0 spiro atoms. The molecule has 0 amide bonds. The fraction of sp³-hybridized carbons (Fsp3) is 0.0909. The molecule has 1 aromatic heterocycles. The third kappa shape index (κ3) is 2.14. The first kappa shape index (κ1) is 10.9. The summed E-state index contributed by atoms with van der Waals surface area (Å²) in [7, 11) is 0. The summed E-state index contributed by atoms with van der Waals surface area (Å²) in [5.74, 6) is 1.53. The third-order valence-corrected chi connectivity index (χ3v) is 2.83. The average Bonchev–Trinajstić information content (AvgIpc) is 2.28. The maximum absolute atomic E-state index is 5.64. The van der Waals surface area contributed by atoms with Crippen molar-refractivity contribution in [2.45, 2.75) is 6.92 Å². The Morgan fingerprint density at radius 1 is 1.25 bits per heavy atom. The number of ether oxygens (including phenoxy) is 1. The van der Waals surface area contributed by atoms with Gasteiger partial charge in [0.2, 0.25) is 5.88 Å². The van der Waals surface area contributed by atoms with Crippen molar-refractivity contribution in [1.82, 2.24) is 9.97 Å². The van der Waals surface area contributed by atoms with Gasteiger partial charge in [0.25, 0.3) is 0 Å². The maximum Gasteiger partial charge on any atom is 0.238 e. The lowest BCUT2D eigenvalue weighted by Gasteiger charge is -2.09. The molecule has 0 aliphatic heterocycles. The van der Waals surface area contributed by atoms with E-state index in [9.17, 15) is 0 Å². The summed E-state index contributed by atoms with van der Waals surface area (Å²) >= 11 is 3.29. The monoisotopic (exact) mass is 279 g/mol. The minimum Gasteiger partial charge on any atom is -0.437 e. The summed E-state index contributed by atoms with van der Waals surface area (Å²) in [5.41, 5.74) is 6.67. The lowest BCUT2D eigenvalue weighted by molar-refractivity contribution is 0.455. The lowest BCUT2D eigenvalue weighted by Crippen LogP contribution is -1.97. The van der Waals surface area contributed by atoms with Crippen LogP contribution in [0.4, 0.5) is 5.82 Å². The van der Waals surface area contributed by atoms with Crippen molar-refractivity contribution < 1.29 is 4.74 Å². The second-order valence-electron chi connectivity index (χ2n) is 3.25. The van der Waals surface area contributed by atoms with E-state index in [1.807, 2.05) is 31.2 Å². The molecule has 0 radical (unpaired) electrons. The maximum atomic E-state index is 5.64. The van der Waals surface area contributed by atoms with E-state index in [0.29, 0.717) is 16.2 Å². The zero-order valence-electron chi connectivity index (χ0n) is 8.64. The zero-order valence-corrected chi connectivity index (χ0v) is 10.2. The Balaban J connectivity index is 2.35. The van der Waals surface area contributed by atoms with Crippen molar-refractivity contribution in [2.24, 2.45) is 0 Å². The highest BCUT2D eigenvalue weighted by molar-refractivity contribution is 9.10. The van der Waals surface area contributed by atoms with Crippen LogP contribution in [0, 0.1) is 6.92 Å². The number of nitrogens with two attached hydrogens (primary N) is 1. The molecule has 82 valence electrons. The van der Waals surface area contributed by atoms with Crippen LogP contribution in [0.3, 0.4) is 0 Å². The molecule has 0 aliphatic carbocycles. The summed E-state index contributed by atoms with van der Waals surface area (Å²) in [6.07, 6.45) is 1.37. The van der Waals surface area contributed by atoms with Crippen molar-refractivity contribution in [1.29, 1.82) is 0 Å². The van der Waals surface area contributed by atoms with Crippen LogP contribution in [0.1, 0.15) is 5.56 Å². The van der Waals surface area contributed by atoms with Gasteiger partial charge in [0.15, 0.2) is 0 Å². The number of rotatable bonds is 2. The Labute approximate surface area is 102 Å². The quantitative estimate of drug-likeness (QED) is 0.918. The highest BCUT2D eigenvalue weighted by atomic mass is 79.9. The molecular weight excluding hydrogens is 270 g/mol. The van der Waals surface area contributed by atoms with E-state index in [0.717, 1.165) is 11.3 Å². The molecule has 2 rings (SSSR count). The molecule has 0 atom stereocenters. The molecule has 1 aromatic carbocycles. The van der Waals surface area contributed by atoms with Crippen molar-refractivity contribution in [3.63, 3.8) is 0 Å². The van der Waals surface area contributed by atoms with Gasteiger partial charge in [-0.25, -0.2) is 9.97 Å². The summed E-state index contributed by atoms with van der Waals surface area (Å²) in [4.78, 5) is 7.86. The number of halogens is 1. The van der Waals surface area contributed by atoms with E-state index in [-0.39, 0.29) is 0 Å². The summed E-state index contributed by atoms with van der Waals surface area (Å²) in [6.45, 7) is 1.97. The summed E-state index contributed by atoms with van der Waals surface area (Å²) in [6, 6.07) is 7.69. The van der Waals surface area contributed by atoms with Gasteiger partial charge in [-0.15, -0.1) is 0 Å². The largest absolute Gasteiger partial charge is 0.437 e. The Kier molecular flexibility index (Phi) is 3.05. The van der Waals surface area contributed by atoms with Gasteiger partial charge in [-0.3, -0.25) is 0 Å². The number of aryl methyl sites for hydroxylation is 1. The van der Waals surface area contributed by atoms with Crippen LogP contribution in [0.2, 0.25) is 0 Å². The Morgan fingerprint density at radius 2 is 2.00 bits per heavy atom. The molecule has 0 bridgehead atoms. The predicted molar refractivity (Wildman–Crippen MR) is 65.4 cm³/mol. The molecule has 5 heteroatoms. The first-order valence-electron chi connectivity index (χ1n) is 4.68. The fourth-order valence-electron chi connectivity index (χ4n) is 1.21. The van der Waals surface area contributed by atoms with Crippen LogP contribution < -0.4 is 10.5 Å². The minimum absolute atomic E-state index is 0.360. The van der Waals surface area contributed by atoms with Gasteiger partial charge in [0.05, 0.1) is 0 Å². The van der Waals surface area contributed by atoms with Crippen LogP contribution in [-0.4, -0.2) is 9.97 Å². The van der Waals surface area contributed by atoms with Gasteiger partial charge < -0.3 is 10.5 Å². The highest BCUT2D eigenvalue weighted by Crippen LogP contribution is 2.31. The highest BCUT2D eigenvalue weighted by Gasteiger charge is 2.09. The number of aromatic nitrogens is 2. The number of benzene rings is 1. The Morgan fingerprint density at radius 3 is 2.75 bits per heavy atom. The van der Waals surface area contributed by atoms with E-state index < -0.39 is 0 Å². The van der Waals surface area contributed by atoms with E-state index in [1.54, 1.807) is 0 Å². The Bertz CT molecular complexity index is 516. The van der Waals surface area contributed by atoms with Gasteiger partial charge in [-0.1, -0.05) is 18.2 Å². The third-order valence-electron chi connectivity index (χ3n) is 2.08. The number of hydrogen-bond acceptors (Lipinski definition) is 4. The smallest absolute Gasteiger partial charge is 0.238 e. The van der Waals surface area contributed by atoms with Crippen molar-refractivity contribution in [3.05, 3.63) is 40.6 Å². The number of anilines is 1. The van der Waals surface area contributed by atoms with E-state index in [4.69, 9.17) is 10.5 Å². The SMILES string of the molecule is Cc1ccccc1Oc1ncnc(N)c1Br. The molecule has 0 fully saturated rings. The second kappa shape index (κ2) is 4.49. The number of para-hydroxylation sites is 1. The normalized spacial score (nSPS) is 10.1. The first-order chi connectivity index (χ1) is 7.68. The van der Waals surface area contributed by atoms with E-state index in [2.05, 4.69) is 25.9 Å². The lowest BCUT2D eigenvalue weighted by atomic mass is 10.2. The first-order valence-corrected chi connectivity index (χ1v) is 5.47. The van der Waals surface area contributed by atoms with Crippen molar-refractivity contribution in [2.75, 3.05) is 5.73 Å². The predicted octanol–water partition coefficient (Wildman–Crippen LogP) is 2.92. The van der Waals surface area contributed by atoms with Crippen LogP contribution in [0.15, 0.2) is 35.1 Å². The van der Waals surface area contributed by atoms with Crippen LogP contribution in [0.5, 0.6) is 11.6 Å². The number of nitrogen functional groups attached to an aromatic ring is 1. The number of hydrogen-bond donors (Lipinski definition) is 1. The summed E-state index contributed by atoms with van der Waals surface area (Å²) in [5, 5.41) is 0. The van der Waals surface area contributed by atoms with Crippen molar-refractivity contribution >= 4 is 21.7 Å². The van der Waals surface area contributed by atoms with Crippen LogP contribution in [0.25, 0.3) is 0 Å². The van der Waals surface area contributed by atoms with Gasteiger partial charge >= 0.3 is 0 Å². The Hall–Kier alpha value is -1.62. The van der Waals surface area contributed by atoms with E-state index >= 15 is 0 Å². The van der Waals surface area contributed by atoms with Crippen molar-refractivity contribution in [3.8, 4) is 11.6 Å². The van der Waals surface area contributed by atoms with Gasteiger partial charge in [-0.05, 0) is 34.5 Å². The molecule has 2 N–H and O–H groups in total. The average molecular weight is 280 g/mol. The van der Waals surface area contributed by atoms with Gasteiger partial charge in [-0.2, -0.15) is 0 Å². The molecule has 0 saturated carbocycles. The summed E-state index contributed by atoms with van der Waals surface area (Å²) < 4.78 is 6.21. The molecule has 0 aliphatic rings. The molecule has 16 heavy (non-hydrogen) atoms. The fourth-order valence-corrected chi connectivity index (χ4v) is 1.50. The van der Waals surface area contributed by atoms with Gasteiger partial charge in [0, 0.05) is 0 Å². The molecule has 4 nitrogen and oxygen atoms in total. The minimum atomic E-state index is 0.360. The molecular formula is C11H10BrN3O. The molecule has 0 saturated heterocycles. The van der Waals surface area contributed by atoms with E-state index in [1.165, 1.54) is 6.33 Å². The zero-order chi connectivity index (χ0) is 11.5. The van der Waals surface area contributed by atoms with Crippen LogP contribution in [-0.2, 0) is 0 Å². The molecule has 1 heterocycles. The standard InChI is InChI=1S/C11H10BrN3O/c1-7-4-2-3-5-8(7)16-11-9(12)10(13)14-6-15-11/h2-6H,1H3,(H2,13,14,15). The number of nitrogens with zero attached hydrogens (tertiary/aromatic N) is 2. The topological polar surface area (TPSA) is 61.0 Å². The van der Waals surface area contributed by atoms with Crippen LogP contribution >= 0.6 is 15.9 Å².